The Labute approximate surface area is 198 Å². The number of benzene rings is 2. The molecule has 30 heavy (non-hydrogen) atoms. The van der Waals surface area contributed by atoms with Gasteiger partial charge in [-0.05, 0) is 84.6 Å². The van der Waals surface area contributed by atoms with E-state index < -0.39 is 11.8 Å². The summed E-state index contributed by atoms with van der Waals surface area (Å²) in [5, 5.41) is 2.88. The molecular weight excluding hydrogens is 539 g/mol. The van der Waals surface area contributed by atoms with Crippen molar-refractivity contribution in [3.05, 3.63) is 56.1 Å². The Morgan fingerprint density at radius 3 is 2.53 bits per heavy atom. The SMILES string of the molecule is CCOc1cc(/C=C2\C(=O)NC(=S)N(c3ccccc3Cl)C2=O)cc(I)c1OCC. The molecule has 1 aliphatic heterocycles. The Bertz CT molecular complexity index is 1060. The standard InChI is InChI=1S/C21H18ClIN2O4S/c1-3-28-17-11-12(10-15(23)18(17)29-4-2)9-13-19(26)24-21(30)25(20(13)27)16-8-6-5-7-14(16)22/h5-11H,3-4H2,1-2H3,(H,24,26,30)/b13-9+. The van der Waals surface area contributed by atoms with Crippen molar-refractivity contribution in [3.63, 3.8) is 0 Å². The first kappa shape index (κ1) is 22.5. The molecule has 2 aromatic rings. The maximum Gasteiger partial charge on any atom is 0.270 e. The normalized spacial score (nSPS) is 15.4. The summed E-state index contributed by atoms with van der Waals surface area (Å²) in [6.07, 6.45) is 1.50. The van der Waals surface area contributed by atoms with Gasteiger partial charge in [-0.15, -0.1) is 0 Å². The van der Waals surface area contributed by atoms with Crippen LogP contribution in [0.25, 0.3) is 6.08 Å². The van der Waals surface area contributed by atoms with Crippen molar-refractivity contribution in [2.45, 2.75) is 13.8 Å². The summed E-state index contributed by atoms with van der Waals surface area (Å²) in [5.74, 6) is 0.0366. The van der Waals surface area contributed by atoms with Gasteiger partial charge in [0.25, 0.3) is 11.8 Å². The van der Waals surface area contributed by atoms with Crippen LogP contribution in [-0.2, 0) is 9.59 Å². The van der Waals surface area contributed by atoms with Crippen molar-refractivity contribution in [1.29, 1.82) is 0 Å². The van der Waals surface area contributed by atoms with Crippen LogP contribution in [0, 0.1) is 3.57 Å². The topological polar surface area (TPSA) is 67.9 Å². The number of halogens is 2. The highest BCUT2D eigenvalue weighted by molar-refractivity contribution is 14.1. The van der Waals surface area contributed by atoms with Crippen LogP contribution in [0.1, 0.15) is 19.4 Å². The van der Waals surface area contributed by atoms with E-state index in [1.165, 1.54) is 11.0 Å². The Balaban J connectivity index is 2.05. The lowest BCUT2D eigenvalue weighted by Gasteiger charge is -2.29. The first-order chi connectivity index (χ1) is 14.4. The molecule has 156 valence electrons. The second-order valence-corrected chi connectivity index (χ2v) is 8.06. The molecule has 2 aromatic carbocycles. The Morgan fingerprint density at radius 2 is 1.87 bits per heavy atom. The monoisotopic (exact) mass is 556 g/mol. The second kappa shape index (κ2) is 9.76. The van der Waals surface area contributed by atoms with Gasteiger partial charge in [-0.2, -0.15) is 0 Å². The maximum absolute atomic E-state index is 13.2. The molecule has 0 aliphatic carbocycles. The van der Waals surface area contributed by atoms with E-state index in [1.54, 1.807) is 30.3 Å². The molecule has 1 heterocycles. The lowest BCUT2D eigenvalue weighted by atomic mass is 10.1. The molecule has 9 heteroatoms. The third kappa shape index (κ3) is 4.60. The number of rotatable bonds is 6. The third-order valence-corrected chi connectivity index (χ3v) is 5.53. The molecule has 0 atom stereocenters. The Hall–Kier alpha value is -2.17. The lowest BCUT2D eigenvalue weighted by Crippen LogP contribution is -2.54. The van der Waals surface area contributed by atoms with Crippen molar-refractivity contribution in [2.24, 2.45) is 0 Å². The van der Waals surface area contributed by atoms with Crippen LogP contribution in [0.4, 0.5) is 5.69 Å². The van der Waals surface area contributed by atoms with Crippen LogP contribution in [0.15, 0.2) is 42.0 Å². The van der Waals surface area contributed by atoms with Gasteiger partial charge < -0.3 is 9.47 Å². The average molecular weight is 557 g/mol. The van der Waals surface area contributed by atoms with Crippen LogP contribution in [0.3, 0.4) is 0 Å². The van der Waals surface area contributed by atoms with Crippen LogP contribution < -0.4 is 19.7 Å². The maximum atomic E-state index is 13.2. The van der Waals surface area contributed by atoms with E-state index in [-0.39, 0.29) is 10.7 Å². The van der Waals surface area contributed by atoms with E-state index in [1.807, 2.05) is 19.9 Å². The van der Waals surface area contributed by atoms with Gasteiger partial charge in [-0.25, -0.2) is 0 Å². The van der Waals surface area contributed by atoms with Gasteiger partial charge in [0.2, 0.25) is 0 Å². The number of ether oxygens (including phenoxy) is 2. The Morgan fingerprint density at radius 1 is 1.17 bits per heavy atom. The van der Waals surface area contributed by atoms with Crippen LogP contribution >= 0.6 is 46.4 Å². The second-order valence-electron chi connectivity index (χ2n) is 6.11. The molecule has 1 fully saturated rings. The molecule has 0 aromatic heterocycles. The number of amides is 2. The van der Waals surface area contributed by atoms with Gasteiger partial charge >= 0.3 is 0 Å². The fraction of sp³-hybridized carbons (Fsp3) is 0.190. The number of para-hydroxylation sites is 1. The summed E-state index contributed by atoms with van der Waals surface area (Å²) >= 11 is 13.6. The first-order valence-electron chi connectivity index (χ1n) is 9.12. The minimum atomic E-state index is -0.574. The van der Waals surface area contributed by atoms with E-state index in [4.69, 9.17) is 33.3 Å². The number of nitrogens with zero attached hydrogens (tertiary/aromatic N) is 1. The zero-order chi connectivity index (χ0) is 21.8. The molecule has 1 N–H and O–H groups in total. The summed E-state index contributed by atoms with van der Waals surface area (Å²) in [6, 6.07) is 10.3. The smallest absolute Gasteiger partial charge is 0.270 e. The van der Waals surface area contributed by atoms with Gasteiger partial charge in [-0.1, -0.05) is 23.7 Å². The number of nitrogens with one attached hydrogen (secondary N) is 1. The van der Waals surface area contributed by atoms with Gasteiger partial charge in [0.15, 0.2) is 16.6 Å². The zero-order valence-corrected chi connectivity index (χ0v) is 19.9. The molecule has 0 bridgehead atoms. The van der Waals surface area contributed by atoms with E-state index >= 15 is 0 Å². The largest absolute Gasteiger partial charge is 0.490 e. The third-order valence-electron chi connectivity index (χ3n) is 4.13. The summed E-state index contributed by atoms with van der Waals surface area (Å²) in [4.78, 5) is 26.9. The van der Waals surface area contributed by atoms with Crippen molar-refractivity contribution >= 4 is 75.1 Å². The molecule has 0 unspecified atom stereocenters. The van der Waals surface area contributed by atoms with Gasteiger partial charge in [0.05, 0.1) is 27.5 Å². The van der Waals surface area contributed by atoms with Gasteiger partial charge in [-0.3, -0.25) is 19.8 Å². The summed E-state index contributed by atoms with van der Waals surface area (Å²) in [7, 11) is 0. The number of anilines is 1. The molecular formula is C21H18ClIN2O4S. The predicted octanol–water partition coefficient (Wildman–Crippen LogP) is 4.57. The number of thiocarbonyl (C=S) groups is 1. The molecule has 0 saturated carbocycles. The minimum absolute atomic E-state index is 0.0217. The molecule has 0 radical (unpaired) electrons. The highest BCUT2D eigenvalue weighted by atomic mass is 127. The van der Waals surface area contributed by atoms with E-state index in [0.29, 0.717) is 41.0 Å². The number of hydrogen-bond acceptors (Lipinski definition) is 5. The van der Waals surface area contributed by atoms with E-state index in [0.717, 1.165) is 3.57 Å². The summed E-state index contributed by atoms with van der Waals surface area (Å²) < 4.78 is 12.2. The Kier molecular flexibility index (Phi) is 7.32. The van der Waals surface area contributed by atoms with Crippen molar-refractivity contribution < 1.29 is 19.1 Å². The lowest BCUT2D eigenvalue weighted by molar-refractivity contribution is -0.122. The summed E-state index contributed by atoms with van der Waals surface area (Å²) in [5.41, 5.74) is 0.957. The highest BCUT2D eigenvalue weighted by Gasteiger charge is 2.35. The number of hydrogen-bond donors (Lipinski definition) is 1. The molecule has 1 saturated heterocycles. The van der Waals surface area contributed by atoms with Crippen LogP contribution in [-0.4, -0.2) is 30.1 Å². The minimum Gasteiger partial charge on any atom is -0.490 e. The van der Waals surface area contributed by atoms with Crippen molar-refractivity contribution in [3.8, 4) is 11.5 Å². The molecule has 1 aliphatic rings. The van der Waals surface area contributed by atoms with Gasteiger partial charge in [0.1, 0.15) is 5.57 Å². The molecule has 6 nitrogen and oxygen atoms in total. The van der Waals surface area contributed by atoms with E-state index in [9.17, 15) is 9.59 Å². The molecule has 2 amide bonds. The number of carbonyl (C=O) groups is 2. The number of carbonyl (C=O) groups excluding carboxylic acids is 2. The first-order valence-corrected chi connectivity index (χ1v) is 11.0. The predicted molar refractivity (Wildman–Crippen MR) is 129 cm³/mol. The summed E-state index contributed by atoms with van der Waals surface area (Å²) in [6.45, 7) is 4.69. The van der Waals surface area contributed by atoms with E-state index in [2.05, 4.69) is 27.9 Å². The van der Waals surface area contributed by atoms with Gasteiger partial charge in [0, 0.05) is 0 Å². The van der Waals surface area contributed by atoms with Crippen LogP contribution in [0.2, 0.25) is 5.02 Å². The quantitative estimate of drug-likeness (QED) is 0.244. The fourth-order valence-electron chi connectivity index (χ4n) is 2.89. The zero-order valence-electron chi connectivity index (χ0n) is 16.2. The van der Waals surface area contributed by atoms with Crippen molar-refractivity contribution in [2.75, 3.05) is 18.1 Å². The molecule has 3 rings (SSSR count). The van der Waals surface area contributed by atoms with Crippen molar-refractivity contribution in [1.82, 2.24) is 5.32 Å². The average Bonchev–Trinajstić information content (AvgIpc) is 2.69. The van der Waals surface area contributed by atoms with Crippen LogP contribution in [0.5, 0.6) is 11.5 Å². The highest BCUT2D eigenvalue weighted by Crippen LogP contribution is 2.35. The molecule has 0 spiro atoms. The fourth-order valence-corrected chi connectivity index (χ4v) is 4.17.